The van der Waals surface area contributed by atoms with E-state index in [-0.39, 0.29) is 18.0 Å². The van der Waals surface area contributed by atoms with Crippen molar-refractivity contribution in [3.63, 3.8) is 0 Å². The van der Waals surface area contributed by atoms with Crippen LogP contribution in [0.25, 0.3) is 11.3 Å². The Balaban J connectivity index is 1.81. The number of amides is 1. The van der Waals surface area contributed by atoms with Crippen LogP contribution in [0.5, 0.6) is 0 Å². The fourth-order valence-electron chi connectivity index (χ4n) is 2.53. The Morgan fingerprint density at radius 1 is 1.00 bits per heavy atom. The van der Waals surface area contributed by atoms with Crippen molar-refractivity contribution in [2.45, 2.75) is 20.4 Å². The summed E-state index contributed by atoms with van der Waals surface area (Å²) in [6, 6.07) is 13.8. The van der Waals surface area contributed by atoms with Crippen molar-refractivity contribution in [3.05, 3.63) is 80.1 Å². The van der Waals surface area contributed by atoms with Crippen molar-refractivity contribution >= 4 is 34.8 Å². The molecule has 0 atom stereocenters. The number of carbonyl (C=O) groups excluding carboxylic acids is 1. The van der Waals surface area contributed by atoms with Gasteiger partial charge < -0.3 is 5.32 Å². The molecule has 5 nitrogen and oxygen atoms in total. The number of nitrogens with zero attached hydrogens (tertiary/aromatic N) is 2. The first-order chi connectivity index (χ1) is 12.8. The van der Waals surface area contributed by atoms with E-state index in [9.17, 15) is 9.59 Å². The van der Waals surface area contributed by atoms with Crippen LogP contribution in [0.4, 0.5) is 5.69 Å². The largest absolute Gasteiger partial charge is 0.324 e. The van der Waals surface area contributed by atoms with Gasteiger partial charge in [0.25, 0.3) is 5.56 Å². The van der Waals surface area contributed by atoms with Gasteiger partial charge in [-0.1, -0.05) is 35.3 Å². The maximum Gasteiger partial charge on any atom is 0.267 e. The highest BCUT2D eigenvalue weighted by Gasteiger charge is 2.10. The molecule has 2 aromatic carbocycles. The molecular formula is C20H17Cl2N3O2. The van der Waals surface area contributed by atoms with Gasteiger partial charge in [-0.05, 0) is 55.3 Å². The van der Waals surface area contributed by atoms with Crippen LogP contribution < -0.4 is 10.9 Å². The van der Waals surface area contributed by atoms with Crippen molar-refractivity contribution in [2.75, 3.05) is 5.32 Å². The van der Waals surface area contributed by atoms with Crippen LogP contribution in [0.1, 0.15) is 11.1 Å². The lowest BCUT2D eigenvalue weighted by atomic mass is 10.0. The lowest BCUT2D eigenvalue weighted by Crippen LogP contribution is -2.29. The second kappa shape index (κ2) is 7.94. The average Bonchev–Trinajstić information content (AvgIpc) is 2.62. The zero-order valence-electron chi connectivity index (χ0n) is 14.8. The predicted octanol–water partition coefficient (Wildman–Crippen LogP) is 4.47. The third kappa shape index (κ3) is 4.56. The normalized spacial score (nSPS) is 10.7. The monoisotopic (exact) mass is 401 g/mol. The van der Waals surface area contributed by atoms with Crippen LogP contribution in [0.3, 0.4) is 0 Å². The minimum absolute atomic E-state index is 0.211. The highest BCUT2D eigenvalue weighted by Crippen LogP contribution is 2.25. The van der Waals surface area contributed by atoms with E-state index in [1.54, 1.807) is 24.3 Å². The summed E-state index contributed by atoms with van der Waals surface area (Å²) in [7, 11) is 0. The Kier molecular flexibility index (Phi) is 5.63. The number of benzene rings is 2. The van der Waals surface area contributed by atoms with E-state index in [4.69, 9.17) is 23.2 Å². The molecular weight excluding hydrogens is 385 g/mol. The quantitative estimate of drug-likeness (QED) is 0.700. The molecule has 0 aliphatic heterocycles. The van der Waals surface area contributed by atoms with Crippen molar-refractivity contribution in [3.8, 4) is 11.3 Å². The second-order valence-corrected chi connectivity index (χ2v) is 7.00. The number of halogens is 2. The van der Waals surface area contributed by atoms with Crippen molar-refractivity contribution in [1.82, 2.24) is 9.78 Å². The summed E-state index contributed by atoms with van der Waals surface area (Å²) in [5, 5.41) is 7.73. The number of hydrogen-bond acceptors (Lipinski definition) is 3. The highest BCUT2D eigenvalue weighted by molar-refractivity contribution is 6.42. The molecule has 0 spiro atoms. The van der Waals surface area contributed by atoms with Gasteiger partial charge in [0.05, 0.1) is 15.7 Å². The van der Waals surface area contributed by atoms with Crippen LogP contribution in [0, 0.1) is 13.8 Å². The number of nitrogens with one attached hydrogen (secondary N) is 1. The summed E-state index contributed by atoms with van der Waals surface area (Å²) < 4.78 is 1.14. The molecule has 0 bridgehead atoms. The molecule has 0 saturated carbocycles. The van der Waals surface area contributed by atoms with Gasteiger partial charge in [0.1, 0.15) is 6.54 Å². The SMILES string of the molecule is Cc1ccc(-c2ccc(=O)n(CC(=O)Nc3ccc(Cl)c(Cl)c3)n2)cc1C. The van der Waals surface area contributed by atoms with Crippen LogP contribution >= 0.6 is 23.2 Å². The zero-order chi connectivity index (χ0) is 19.6. The number of aryl methyl sites for hydroxylation is 2. The molecule has 0 unspecified atom stereocenters. The number of aromatic nitrogens is 2. The second-order valence-electron chi connectivity index (χ2n) is 6.19. The average molecular weight is 402 g/mol. The molecule has 0 saturated heterocycles. The zero-order valence-corrected chi connectivity index (χ0v) is 16.3. The molecule has 27 heavy (non-hydrogen) atoms. The van der Waals surface area contributed by atoms with E-state index < -0.39 is 0 Å². The molecule has 3 rings (SSSR count). The summed E-state index contributed by atoms with van der Waals surface area (Å²) in [5.74, 6) is -0.389. The van der Waals surface area contributed by atoms with E-state index in [0.29, 0.717) is 21.4 Å². The first kappa shape index (κ1) is 19.1. The fourth-order valence-corrected chi connectivity index (χ4v) is 2.83. The standard InChI is InChI=1S/C20H17Cl2N3O2/c1-12-3-4-14(9-13(12)2)18-7-8-20(27)25(24-18)11-19(26)23-15-5-6-16(21)17(22)10-15/h3-10H,11H2,1-2H3,(H,23,26). The summed E-state index contributed by atoms with van der Waals surface area (Å²) in [6.45, 7) is 3.83. The van der Waals surface area contributed by atoms with Gasteiger partial charge in [0.2, 0.25) is 5.91 Å². The Morgan fingerprint density at radius 3 is 2.48 bits per heavy atom. The summed E-state index contributed by atoms with van der Waals surface area (Å²) in [5.41, 5.74) is 3.95. The van der Waals surface area contributed by atoms with E-state index >= 15 is 0 Å². The lowest BCUT2D eigenvalue weighted by Gasteiger charge is -2.10. The Bertz CT molecular complexity index is 1080. The maximum absolute atomic E-state index is 12.3. The molecule has 0 fully saturated rings. The number of rotatable bonds is 4. The Morgan fingerprint density at radius 2 is 1.78 bits per heavy atom. The van der Waals surface area contributed by atoms with Gasteiger partial charge in [-0.2, -0.15) is 5.10 Å². The van der Waals surface area contributed by atoms with E-state index in [0.717, 1.165) is 15.8 Å². The van der Waals surface area contributed by atoms with Crippen LogP contribution in [-0.2, 0) is 11.3 Å². The fraction of sp³-hybridized carbons (Fsp3) is 0.150. The minimum atomic E-state index is -0.389. The summed E-state index contributed by atoms with van der Waals surface area (Å²) in [4.78, 5) is 24.4. The number of anilines is 1. The van der Waals surface area contributed by atoms with Crippen LogP contribution in [0.2, 0.25) is 10.0 Å². The smallest absolute Gasteiger partial charge is 0.267 e. The molecule has 1 heterocycles. The topological polar surface area (TPSA) is 64.0 Å². The molecule has 1 aromatic heterocycles. The van der Waals surface area contributed by atoms with E-state index in [1.165, 1.54) is 11.6 Å². The first-order valence-corrected chi connectivity index (χ1v) is 9.00. The molecule has 0 radical (unpaired) electrons. The molecule has 1 N–H and O–H groups in total. The van der Waals surface area contributed by atoms with Gasteiger partial charge in [-0.15, -0.1) is 0 Å². The third-order valence-electron chi connectivity index (χ3n) is 4.17. The van der Waals surface area contributed by atoms with Crippen molar-refractivity contribution in [2.24, 2.45) is 0 Å². The summed E-state index contributed by atoms with van der Waals surface area (Å²) in [6.07, 6.45) is 0. The van der Waals surface area contributed by atoms with Gasteiger partial charge in [0.15, 0.2) is 0 Å². The van der Waals surface area contributed by atoms with Crippen molar-refractivity contribution < 1.29 is 4.79 Å². The first-order valence-electron chi connectivity index (χ1n) is 8.24. The molecule has 3 aromatic rings. The third-order valence-corrected chi connectivity index (χ3v) is 4.91. The highest BCUT2D eigenvalue weighted by atomic mass is 35.5. The molecule has 7 heteroatoms. The minimum Gasteiger partial charge on any atom is -0.324 e. The lowest BCUT2D eigenvalue weighted by molar-refractivity contribution is -0.117. The number of carbonyl (C=O) groups is 1. The predicted molar refractivity (Wildman–Crippen MR) is 108 cm³/mol. The van der Waals surface area contributed by atoms with Crippen molar-refractivity contribution in [1.29, 1.82) is 0 Å². The molecule has 0 aliphatic rings. The van der Waals surface area contributed by atoms with Crippen LogP contribution in [0.15, 0.2) is 53.3 Å². The van der Waals surface area contributed by atoms with E-state index in [2.05, 4.69) is 10.4 Å². The Hall–Kier alpha value is -2.63. The summed E-state index contributed by atoms with van der Waals surface area (Å²) >= 11 is 11.8. The number of hydrogen-bond donors (Lipinski definition) is 1. The molecule has 0 aliphatic carbocycles. The van der Waals surface area contributed by atoms with Gasteiger partial charge in [0, 0.05) is 17.3 Å². The molecule has 1 amide bonds. The maximum atomic E-state index is 12.3. The van der Waals surface area contributed by atoms with Gasteiger partial charge >= 0.3 is 0 Å². The van der Waals surface area contributed by atoms with Gasteiger partial charge in [-0.3, -0.25) is 9.59 Å². The molecule has 138 valence electrons. The van der Waals surface area contributed by atoms with E-state index in [1.807, 2.05) is 32.0 Å². The Labute approximate surface area is 166 Å². The van der Waals surface area contributed by atoms with Gasteiger partial charge in [-0.25, -0.2) is 4.68 Å². The van der Waals surface area contributed by atoms with Crippen LogP contribution in [-0.4, -0.2) is 15.7 Å².